The van der Waals surface area contributed by atoms with Gasteiger partial charge in [0.15, 0.2) is 11.4 Å². The summed E-state index contributed by atoms with van der Waals surface area (Å²) in [6.07, 6.45) is 0.730. The zero-order chi connectivity index (χ0) is 28.9. The highest BCUT2D eigenvalue weighted by Gasteiger charge is 2.57. The predicted molar refractivity (Wildman–Crippen MR) is 138 cm³/mol. The third-order valence-electron chi connectivity index (χ3n) is 7.20. The van der Waals surface area contributed by atoms with Gasteiger partial charge in [-0.25, -0.2) is 14.3 Å². The van der Waals surface area contributed by atoms with Gasteiger partial charge in [-0.1, -0.05) is 19.3 Å². The number of aromatic nitrogens is 3. The topological polar surface area (TPSA) is 209 Å². The fourth-order valence-electron chi connectivity index (χ4n) is 5.21. The van der Waals surface area contributed by atoms with Crippen molar-refractivity contribution in [3.8, 4) is 0 Å². The molecule has 4 atom stereocenters. The van der Waals surface area contributed by atoms with Crippen molar-refractivity contribution in [3.63, 3.8) is 0 Å². The van der Waals surface area contributed by atoms with E-state index in [2.05, 4.69) is 31.8 Å². The van der Waals surface area contributed by atoms with E-state index in [1.807, 2.05) is 0 Å². The van der Waals surface area contributed by atoms with Crippen molar-refractivity contribution in [1.82, 2.24) is 14.6 Å². The Bertz CT molecular complexity index is 1250. The summed E-state index contributed by atoms with van der Waals surface area (Å²) in [7, 11) is 0. The smallest absolute Gasteiger partial charge is 0.415 e. The van der Waals surface area contributed by atoms with Crippen molar-refractivity contribution in [3.05, 3.63) is 24.2 Å². The number of amides is 1. The summed E-state index contributed by atoms with van der Waals surface area (Å²) in [5.74, 6) is -1.08. The molecule has 0 bridgehead atoms. The summed E-state index contributed by atoms with van der Waals surface area (Å²) in [6.45, 7) is 3.61. The van der Waals surface area contributed by atoms with Crippen molar-refractivity contribution < 1.29 is 43.5 Å². The van der Waals surface area contributed by atoms with Crippen LogP contribution < -0.4 is 11.1 Å². The number of esters is 2. The molecule has 1 saturated heterocycles. The molecule has 1 saturated carbocycles. The standard InChI is InChI=1S/C25H34N6O9/c1-15(32)38-14-39-23(36)30-22-16-6-7-18(31(16)29-13-28-22)25(12-27-2)21(35)20(34)17(40-25)11-37-19(33)10-24(26)8-4-3-5-9-24/h6-7,13,17,20-21,34-35H,2-5,8-12,14,26H2,1H3,(H,28,29,30,36)/t17-,20-,21-,25+/m1/s1. The lowest BCUT2D eigenvalue weighted by molar-refractivity contribution is -0.154. The van der Waals surface area contributed by atoms with Crippen LogP contribution in [0.1, 0.15) is 51.1 Å². The van der Waals surface area contributed by atoms with Gasteiger partial charge in [0.2, 0.25) is 6.79 Å². The minimum atomic E-state index is -1.62. The SMILES string of the molecule is C=NC[C@@]1(c2ccc3c(NC(=O)OCOC(C)=O)ncnn23)O[C@H](COC(=O)CC2(N)CCCCC2)[C@@H](O)[C@H]1O. The van der Waals surface area contributed by atoms with Gasteiger partial charge in [0.1, 0.15) is 36.8 Å². The molecule has 2 aromatic heterocycles. The van der Waals surface area contributed by atoms with E-state index >= 15 is 0 Å². The van der Waals surface area contributed by atoms with Crippen molar-refractivity contribution in [2.24, 2.45) is 10.7 Å². The van der Waals surface area contributed by atoms with E-state index in [1.165, 1.54) is 11.4 Å². The van der Waals surface area contributed by atoms with Crippen LogP contribution in [0.4, 0.5) is 10.6 Å². The van der Waals surface area contributed by atoms with Gasteiger partial charge in [-0.05, 0) is 31.7 Å². The molecule has 3 heterocycles. The lowest BCUT2D eigenvalue weighted by Gasteiger charge is -2.32. The molecule has 40 heavy (non-hydrogen) atoms. The average Bonchev–Trinajstić information content (AvgIpc) is 3.44. The Labute approximate surface area is 229 Å². The first-order valence-electron chi connectivity index (χ1n) is 12.9. The number of aliphatic hydroxyl groups is 2. The Balaban J connectivity index is 1.50. The number of carbonyl (C=O) groups excluding carboxylic acids is 3. The van der Waals surface area contributed by atoms with Crippen LogP contribution in [0, 0.1) is 0 Å². The second-order valence-corrected chi connectivity index (χ2v) is 10.1. The summed E-state index contributed by atoms with van der Waals surface area (Å²) >= 11 is 0. The Kier molecular flexibility index (Phi) is 8.98. The largest absolute Gasteiger partial charge is 0.463 e. The molecule has 1 aliphatic carbocycles. The minimum Gasteiger partial charge on any atom is -0.463 e. The summed E-state index contributed by atoms with van der Waals surface area (Å²) in [5, 5.41) is 28.7. The number of anilines is 1. The Morgan fingerprint density at radius 2 is 1.98 bits per heavy atom. The molecule has 2 fully saturated rings. The number of rotatable bonds is 10. The number of nitrogens with one attached hydrogen (secondary N) is 1. The van der Waals surface area contributed by atoms with Gasteiger partial charge < -0.3 is 34.9 Å². The van der Waals surface area contributed by atoms with E-state index in [1.54, 1.807) is 12.1 Å². The molecule has 0 spiro atoms. The quantitative estimate of drug-likeness (QED) is 0.176. The molecule has 15 nitrogen and oxygen atoms in total. The molecule has 218 valence electrons. The number of hydrogen-bond acceptors (Lipinski definition) is 13. The van der Waals surface area contributed by atoms with Gasteiger partial charge in [-0.2, -0.15) is 5.10 Å². The molecule has 0 aromatic carbocycles. The molecule has 0 radical (unpaired) electrons. The van der Waals surface area contributed by atoms with E-state index in [4.69, 9.17) is 19.9 Å². The van der Waals surface area contributed by atoms with Crippen LogP contribution in [0.2, 0.25) is 0 Å². The predicted octanol–water partition coefficient (Wildman–Crippen LogP) is 0.410. The molecule has 15 heteroatoms. The monoisotopic (exact) mass is 562 g/mol. The first kappa shape index (κ1) is 29.3. The number of hydrogen-bond donors (Lipinski definition) is 4. The fourth-order valence-corrected chi connectivity index (χ4v) is 5.21. The van der Waals surface area contributed by atoms with E-state index in [0.717, 1.165) is 38.4 Å². The normalized spacial score (nSPS) is 25.8. The highest BCUT2D eigenvalue weighted by atomic mass is 16.7. The third kappa shape index (κ3) is 6.22. The number of nitrogens with two attached hydrogens (primary N) is 1. The van der Waals surface area contributed by atoms with Gasteiger partial charge in [-0.15, -0.1) is 0 Å². The minimum absolute atomic E-state index is 0.0488. The summed E-state index contributed by atoms with van der Waals surface area (Å²) < 4.78 is 22.3. The Hall–Kier alpha value is -3.66. The average molecular weight is 563 g/mol. The van der Waals surface area contributed by atoms with E-state index in [-0.39, 0.29) is 31.1 Å². The first-order chi connectivity index (χ1) is 19.1. The van der Waals surface area contributed by atoms with E-state index < -0.39 is 54.3 Å². The molecular weight excluding hydrogens is 528 g/mol. The number of fused-ring (bicyclic) bond motifs is 1. The number of ether oxygens (including phenoxy) is 4. The second-order valence-electron chi connectivity index (χ2n) is 10.1. The van der Waals surface area contributed by atoms with Gasteiger partial charge >= 0.3 is 18.0 Å². The number of nitrogens with zero attached hydrogens (tertiary/aromatic N) is 4. The van der Waals surface area contributed by atoms with Crippen LogP contribution in [0.15, 0.2) is 23.5 Å². The maximum absolute atomic E-state index is 12.6. The maximum Gasteiger partial charge on any atom is 0.415 e. The van der Waals surface area contributed by atoms with Crippen LogP contribution in [0.5, 0.6) is 0 Å². The van der Waals surface area contributed by atoms with Crippen LogP contribution in [0.3, 0.4) is 0 Å². The first-order valence-corrected chi connectivity index (χ1v) is 12.9. The van der Waals surface area contributed by atoms with Crippen LogP contribution >= 0.6 is 0 Å². The molecular formula is C25H34N6O9. The highest BCUT2D eigenvalue weighted by molar-refractivity contribution is 5.88. The van der Waals surface area contributed by atoms with Crippen LogP contribution in [-0.4, -0.2) is 93.4 Å². The van der Waals surface area contributed by atoms with Crippen LogP contribution in [-0.2, 0) is 34.1 Å². The van der Waals surface area contributed by atoms with Crippen molar-refractivity contribution >= 4 is 36.1 Å². The number of carbonyl (C=O) groups is 3. The molecule has 1 aliphatic heterocycles. The zero-order valence-electron chi connectivity index (χ0n) is 22.2. The summed E-state index contributed by atoms with van der Waals surface area (Å²) in [4.78, 5) is 43.5. The van der Waals surface area contributed by atoms with E-state index in [0.29, 0.717) is 5.52 Å². The second kappa shape index (κ2) is 12.2. The van der Waals surface area contributed by atoms with Gasteiger partial charge in [0.05, 0.1) is 18.7 Å². The van der Waals surface area contributed by atoms with Crippen molar-refractivity contribution in [1.29, 1.82) is 0 Å². The Morgan fingerprint density at radius 3 is 2.67 bits per heavy atom. The van der Waals surface area contributed by atoms with Gasteiger partial charge in [0.25, 0.3) is 0 Å². The zero-order valence-corrected chi connectivity index (χ0v) is 22.2. The Morgan fingerprint density at radius 1 is 1.23 bits per heavy atom. The fraction of sp³-hybridized carbons (Fsp3) is 0.600. The third-order valence-corrected chi connectivity index (χ3v) is 7.20. The lowest BCUT2D eigenvalue weighted by Crippen LogP contribution is -2.44. The number of aliphatic imine (C=N–C) groups is 1. The molecule has 2 aromatic rings. The molecule has 4 rings (SSSR count). The maximum atomic E-state index is 12.6. The summed E-state index contributed by atoms with van der Waals surface area (Å²) in [6, 6.07) is 3.12. The van der Waals surface area contributed by atoms with Gasteiger partial charge in [0, 0.05) is 12.5 Å². The van der Waals surface area contributed by atoms with Crippen LogP contribution in [0.25, 0.3) is 5.52 Å². The molecule has 2 aliphatic rings. The molecule has 1 amide bonds. The van der Waals surface area contributed by atoms with Crippen molar-refractivity contribution in [2.75, 3.05) is 25.3 Å². The van der Waals surface area contributed by atoms with Crippen molar-refractivity contribution in [2.45, 2.75) is 74.9 Å². The lowest BCUT2D eigenvalue weighted by atomic mass is 9.80. The molecule has 5 N–H and O–H groups in total. The summed E-state index contributed by atoms with van der Waals surface area (Å²) in [5.41, 5.74) is 4.71. The highest BCUT2D eigenvalue weighted by Crippen LogP contribution is 2.41. The van der Waals surface area contributed by atoms with E-state index in [9.17, 15) is 24.6 Å². The number of aliphatic hydroxyl groups excluding tert-OH is 2. The van der Waals surface area contributed by atoms with Gasteiger partial charge in [-0.3, -0.25) is 19.9 Å². The molecule has 0 unspecified atom stereocenters.